The Hall–Kier alpha value is -0.870. The van der Waals surface area contributed by atoms with Gasteiger partial charge in [-0.1, -0.05) is 12.2 Å². The Morgan fingerprint density at radius 1 is 1.50 bits per heavy atom. The van der Waals surface area contributed by atoms with Crippen molar-refractivity contribution in [2.24, 2.45) is 5.92 Å². The van der Waals surface area contributed by atoms with Gasteiger partial charge in [0.2, 0.25) is 5.91 Å². The van der Waals surface area contributed by atoms with Gasteiger partial charge in [0.1, 0.15) is 0 Å². The Kier molecular flexibility index (Phi) is 3.96. The molecule has 0 aromatic heterocycles. The SMILES string of the molecule is CN(CC1CNCCO1)C(=O)C1CC=CC1. The molecule has 0 bridgehead atoms. The maximum Gasteiger partial charge on any atom is 0.226 e. The number of amides is 1. The van der Waals surface area contributed by atoms with Crippen LogP contribution in [0.4, 0.5) is 0 Å². The number of morpholine rings is 1. The topological polar surface area (TPSA) is 41.6 Å². The predicted molar refractivity (Wildman–Crippen MR) is 62.1 cm³/mol. The number of hydrogen-bond donors (Lipinski definition) is 1. The normalized spacial score (nSPS) is 25.9. The monoisotopic (exact) mass is 224 g/mol. The fraction of sp³-hybridized carbons (Fsp3) is 0.750. The molecule has 1 atom stereocenters. The first-order valence-corrected chi connectivity index (χ1v) is 5.99. The zero-order valence-corrected chi connectivity index (χ0v) is 9.82. The number of allylic oxidation sites excluding steroid dienone is 2. The molecule has 1 fully saturated rings. The molecule has 0 aromatic rings. The summed E-state index contributed by atoms with van der Waals surface area (Å²) in [5.74, 6) is 0.417. The molecule has 16 heavy (non-hydrogen) atoms. The van der Waals surface area contributed by atoms with Crippen LogP contribution in [0.25, 0.3) is 0 Å². The van der Waals surface area contributed by atoms with Gasteiger partial charge in [-0.25, -0.2) is 0 Å². The van der Waals surface area contributed by atoms with Crippen molar-refractivity contribution in [1.82, 2.24) is 10.2 Å². The maximum atomic E-state index is 12.0. The van der Waals surface area contributed by atoms with E-state index in [4.69, 9.17) is 4.74 Å². The van der Waals surface area contributed by atoms with Crippen LogP contribution in [0.1, 0.15) is 12.8 Å². The second-order valence-corrected chi connectivity index (χ2v) is 4.56. The summed E-state index contributed by atoms with van der Waals surface area (Å²) in [6.45, 7) is 3.21. The highest BCUT2D eigenvalue weighted by Crippen LogP contribution is 2.20. The van der Waals surface area contributed by atoms with Crippen LogP contribution in [-0.4, -0.2) is 50.2 Å². The van der Waals surface area contributed by atoms with E-state index < -0.39 is 0 Å². The summed E-state index contributed by atoms with van der Waals surface area (Å²) in [6.07, 6.45) is 6.13. The molecule has 1 N–H and O–H groups in total. The fourth-order valence-corrected chi connectivity index (χ4v) is 2.26. The van der Waals surface area contributed by atoms with Gasteiger partial charge in [0.05, 0.1) is 12.7 Å². The predicted octanol–water partition coefficient (Wildman–Crippen LogP) is 0.399. The summed E-state index contributed by atoms with van der Waals surface area (Å²) in [6, 6.07) is 0. The van der Waals surface area contributed by atoms with Gasteiger partial charge < -0.3 is 15.0 Å². The first-order valence-electron chi connectivity index (χ1n) is 5.99. The summed E-state index contributed by atoms with van der Waals surface area (Å²) in [4.78, 5) is 13.8. The lowest BCUT2D eigenvalue weighted by atomic mass is 10.1. The number of carbonyl (C=O) groups excluding carboxylic acids is 1. The van der Waals surface area contributed by atoms with Crippen molar-refractivity contribution in [3.8, 4) is 0 Å². The van der Waals surface area contributed by atoms with Gasteiger partial charge >= 0.3 is 0 Å². The second kappa shape index (κ2) is 5.46. The van der Waals surface area contributed by atoms with Crippen molar-refractivity contribution in [1.29, 1.82) is 0 Å². The molecule has 2 rings (SSSR count). The molecule has 1 aliphatic carbocycles. The van der Waals surface area contributed by atoms with Gasteiger partial charge in [0, 0.05) is 32.6 Å². The smallest absolute Gasteiger partial charge is 0.226 e. The van der Waals surface area contributed by atoms with Gasteiger partial charge in [-0.05, 0) is 12.8 Å². The van der Waals surface area contributed by atoms with Crippen LogP contribution in [0.5, 0.6) is 0 Å². The molecular formula is C12H20N2O2. The molecule has 0 saturated carbocycles. The molecule has 0 radical (unpaired) electrons. The molecule has 0 aromatic carbocycles. The van der Waals surface area contributed by atoms with E-state index in [1.54, 1.807) is 0 Å². The number of hydrogen-bond acceptors (Lipinski definition) is 3. The van der Waals surface area contributed by atoms with Crippen LogP contribution in [0.15, 0.2) is 12.2 Å². The highest BCUT2D eigenvalue weighted by molar-refractivity contribution is 5.79. The third-order valence-corrected chi connectivity index (χ3v) is 3.22. The zero-order chi connectivity index (χ0) is 11.4. The van der Waals surface area contributed by atoms with Crippen molar-refractivity contribution < 1.29 is 9.53 Å². The number of carbonyl (C=O) groups is 1. The Balaban J connectivity index is 1.77. The lowest BCUT2D eigenvalue weighted by Crippen LogP contribution is -2.46. The first kappa shape index (κ1) is 11.6. The van der Waals surface area contributed by atoms with Crippen LogP contribution >= 0.6 is 0 Å². The third-order valence-electron chi connectivity index (χ3n) is 3.22. The zero-order valence-electron chi connectivity index (χ0n) is 9.82. The Labute approximate surface area is 96.6 Å². The standard InChI is InChI=1S/C12H20N2O2/c1-14(9-11-8-13-6-7-16-11)12(15)10-4-2-3-5-10/h2-3,10-11,13H,4-9H2,1H3. The number of ether oxygens (including phenoxy) is 1. The molecule has 4 heteroatoms. The lowest BCUT2D eigenvalue weighted by molar-refractivity contribution is -0.136. The van der Waals surface area contributed by atoms with Crippen LogP contribution in [0.2, 0.25) is 0 Å². The molecule has 0 spiro atoms. The van der Waals surface area contributed by atoms with Crippen LogP contribution < -0.4 is 5.32 Å². The molecular weight excluding hydrogens is 204 g/mol. The molecule has 1 amide bonds. The lowest BCUT2D eigenvalue weighted by Gasteiger charge is -2.29. The molecule has 1 unspecified atom stereocenters. The van der Waals surface area contributed by atoms with E-state index in [9.17, 15) is 4.79 Å². The van der Waals surface area contributed by atoms with E-state index in [0.717, 1.165) is 32.5 Å². The fourth-order valence-electron chi connectivity index (χ4n) is 2.26. The number of rotatable bonds is 3. The van der Waals surface area contributed by atoms with E-state index in [0.29, 0.717) is 6.54 Å². The largest absolute Gasteiger partial charge is 0.374 e. The van der Waals surface area contributed by atoms with Crippen molar-refractivity contribution in [3.63, 3.8) is 0 Å². The average Bonchev–Trinajstić information content (AvgIpc) is 2.83. The molecule has 4 nitrogen and oxygen atoms in total. The highest BCUT2D eigenvalue weighted by Gasteiger charge is 2.25. The van der Waals surface area contributed by atoms with Crippen molar-refractivity contribution in [2.75, 3.05) is 33.3 Å². The third kappa shape index (κ3) is 2.83. The molecule has 1 heterocycles. The van der Waals surface area contributed by atoms with E-state index >= 15 is 0 Å². The van der Waals surface area contributed by atoms with E-state index in [2.05, 4.69) is 17.5 Å². The maximum absolute atomic E-state index is 12.0. The van der Waals surface area contributed by atoms with Crippen LogP contribution in [-0.2, 0) is 9.53 Å². The van der Waals surface area contributed by atoms with Gasteiger partial charge in [-0.2, -0.15) is 0 Å². The van der Waals surface area contributed by atoms with Gasteiger partial charge in [-0.3, -0.25) is 4.79 Å². The van der Waals surface area contributed by atoms with Crippen LogP contribution in [0.3, 0.4) is 0 Å². The minimum absolute atomic E-state index is 0.150. The minimum atomic E-state index is 0.150. The number of likely N-dealkylation sites (N-methyl/N-ethyl adjacent to an activating group) is 1. The molecule has 90 valence electrons. The van der Waals surface area contributed by atoms with Gasteiger partial charge in [0.25, 0.3) is 0 Å². The van der Waals surface area contributed by atoms with Crippen molar-refractivity contribution >= 4 is 5.91 Å². The van der Waals surface area contributed by atoms with Gasteiger partial charge in [-0.15, -0.1) is 0 Å². The molecule has 1 aliphatic heterocycles. The number of nitrogens with one attached hydrogen (secondary N) is 1. The van der Waals surface area contributed by atoms with Crippen molar-refractivity contribution in [2.45, 2.75) is 18.9 Å². The Morgan fingerprint density at radius 3 is 2.88 bits per heavy atom. The molecule has 1 saturated heterocycles. The first-order chi connectivity index (χ1) is 7.77. The van der Waals surface area contributed by atoms with E-state index in [-0.39, 0.29) is 17.9 Å². The Bertz CT molecular complexity index is 264. The van der Waals surface area contributed by atoms with Crippen LogP contribution in [0, 0.1) is 5.92 Å². The van der Waals surface area contributed by atoms with E-state index in [1.165, 1.54) is 0 Å². The van der Waals surface area contributed by atoms with Gasteiger partial charge in [0.15, 0.2) is 0 Å². The minimum Gasteiger partial charge on any atom is -0.374 e. The summed E-state index contributed by atoms with van der Waals surface area (Å²) in [7, 11) is 1.87. The van der Waals surface area contributed by atoms with Crippen molar-refractivity contribution in [3.05, 3.63) is 12.2 Å². The molecule has 2 aliphatic rings. The summed E-state index contributed by atoms with van der Waals surface area (Å²) in [5, 5.41) is 3.27. The summed E-state index contributed by atoms with van der Waals surface area (Å²) < 4.78 is 5.59. The summed E-state index contributed by atoms with van der Waals surface area (Å²) >= 11 is 0. The quantitative estimate of drug-likeness (QED) is 0.706. The Morgan fingerprint density at radius 2 is 2.25 bits per heavy atom. The number of nitrogens with zero attached hydrogens (tertiary/aromatic N) is 1. The van der Waals surface area contributed by atoms with E-state index in [1.807, 2.05) is 11.9 Å². The summed E-state index contributed by atoms with van der Waals surface area (Å²) in [5.41, 5.74) is 0. The highest BCUT2D eigenvalue weighted by atomic mass is 16.5. The average molecular weight is 224 g/mol. The second-order valence-electron chi connectivity index (χ2n) is 4.56.